The standard InChI is InChI=1S/C21H27N3O3/c1-5-22-21(24-11-10-15-8-6-7-9-17(15)24)23-14-16-12-19(26-3)20(27-4)13-18(16)25-2/h6-9,12-13H,5,10-11,14H2,1-4H3,(H,22,23). The van der Waals surface area contributed by atoms with E-state index in [9.17, 15) is 0 Å². The van der Waals surface area contributed by atoms with Crippen molar-refractivity contribution in [1.29, 1.82) is 0 Å². The molecule has 6 heteroatoms. The van der Waals surface area contributed by atoms with Crippen LogP contribution in [0, 0.1) is 0 Å². The molecule has 1 heterocycles. The molecule has 144 valence electrons. The van der Waals surface area contributed by atoms with Crippen LogP contribution in [-0.4, -0.2) is 40.4 Å². The van der Waals surface area contributed by atoms with Gasteiger partial charge in [-0.2, -0.15) is 0 Å². The van der Waals surface area contributed by atoms with E-state index in [4.69, 9.17) is 19.2 Å². The van der Waals surface area contributed by atoms with E-state index in [0.717, 1.165) is 36.8 Å². The maximum absolute atomic E-state index is 5.52. The van der Waals surface area contributed by atoms with Gasteiger partial charge in [0, 0.05) is 30.4 Å². The molecule has 0 aromatic heterocycles. The zero-order valence-corrected chi connectivity index (χ0v) is 16.4. The van der Waals surface area contributed by atoms with Gasteiger partial charge in [-0.1, -0.05) is 18.2 Å². The van der Waals surface area contributed by atoms with Crippen molar-refractivity contribution in [2.75, 3.05) is 39.3 Å². The van der Waals surface area contributed by atoms with E-state index >= 15 is 0 Å². The molecular formula is C21H27N3O3. The third-order valence-electron chi connectivity index (χ3n) is 4.66. The second-order valence-corrected chi connectivity index (χ2v) is 6.22. The first-order valence-corrected chi connectivity index (χ1v) is 9.14. The van der Waals surface area contributed by atoms with Gasteiger partial charge in [0.05, 0.1) is 27.9 Å². The monoisotopic (exact) mass is 369 g/mol. The van der Waals surface area contributed by atoms with Gasteiger partial charge in [0.15, 0.2) is 17.5 Å². The summed E-state index contributed by atoms with van der Waals surface area (Å²) in [5, 5.41) is 3.40. The molecule has 1 aliphatic rings. The minimum atomic E-state index is 0.477. The van der Waals surface area contributed by atoms with E-state index in [0.29, 0.717) is 18.0 Å². The maximum Gasteiger partial charge on any atom is 0.198 e. The number of aliphatic imine (C=N–C) groups is 1. The van der Waals surface area contributed by atoms with Gasteiger partial charge in [0.25, 0.3) is 0 Å². The number of hydrogen-bond acceptors (Lipinski definition) is 4. The molecule has 3 rings (SSSR count). The van der Waals surface area contributed by atoms with Crippen LogP contribution in [0.25, 0.3) is 0 Å². The Morgan fingerprint density at radius 3 is 2.44 bits per heavy atom. The molecule has 1 aliphatic heterocycles. The second-order valence-electron chi connectivity index (χ2n) is 6.22. The molecule has 2 aromatic rings. The van der Waals surface area contributed by atoms with Crippen molar-refractivity contribution in [2.24, 2.45) is 4.99 Å². The summed E-state index contributed by atoms with van der Waals surface area (Å²) in [5.74, 6) is 2.91. The van der Waals surface area contributed by atoms with Crippen molar-refractivity contribution < 1.29 is 14.2 Å². The van der Waals surface area contributed by atoms with E-state index in [1.165, 1.54) is 11.3 Å². The molecule has 1 N–H and O–H groups in total. The number of anilines is 1. The molecule has 0 unspecified atom stereocenters. The zero-order valence-electron chi connectivity index (χ0n) is 16.4. The van der Waals surface area contributed by atoms with Crippen LogP contribution in [0.3, 0.4) is 0 Å². The van der Waals surface area contributed by atoms with Crippen molar-refractivity contribution in [3.63, 3.8) is 0 Å². The second kappa shape index (κ2) is 8.66. The Kier molecular flexibility index (Phi) is 6.06. The number of rotatable bonds is 6. The van der Waals surface area contributed by atoms with Crippen LogP contribution in [0.15, 0.2) is 41.4 Å². The van der Waals surface area contributed by atoms with Gasteiger partial charge in [0.2, 0.25) is 0 Å². The summed E-state index contributed by atoms with van der Waals surface area (Å²) in [6.45, 7) is 4.29. The van der Waals surface area contributed by atoms with E-state index in [2.05, 4.69) is 41.4 Å². The molecule has 0 aliphatic carbocycles. The largest absolute Gasteiger partial charge is 0.496 e. The van der Waals surface area contributed by atoms with Crippen molar-refractivity contribution in [2.45, 2.75) is 19.9 Å². The molecule has 2 aromatic carbocycles. The summed E-state index contributed by atoms with van der Waals surface area (Å²) in [6, 6.07) is 12.2. The average Bonchev–Trinajstić information content (AvgIpc) is 3.14. The maximum atomic E-state index is 5.52. The van der Waals surface area contributed by atoms with Gasteiger partial charge in [-0.05, 0) is 31.0 Å². The lowest BCUT2D eigenvalue weighted by atomic mass is 10.1. The van der Waals surface area contributed by atoms with Crippen molar-refractivity contribution >= 4 is 11.6 Å². The first kappa shape index (κ1) is 18.9. The van der Waals surface area contributed by atoms with E-state index in [-0.39, 0.29) is 0 Å². The summed E-state index contributed by atoms with van der Waals surface area (Å²) in [5.41, 5.74) is 3.52. The molecule has 0 spiro atoms. The van der Waals surface area contributed by atoms with E-state index in [1.807, 2.05) is 12.1 Å². The number of guanidine groups is 1. The topological polar surface area (TPSA) is 55.3 Å². The summed E-state index contributed by atoms with van der Waals surface area (Å²) >= 11 is 0. The SMILES string of the molecule is CCNC(=NCc1cc(OC)c(OC)cc1OC)N1CCc2ccccc21. The number of fused-ring (bicyclic) bond motifs is 1. The molecular weight excluding hydrogens is 342 g/mol. The van der Waals surface area contributed by atoms with Crippen molar-refractivity contribution in [1.82, 2.24) is 5.32 Å². The predicted molar refractivity (Wildman–Crippen MR) is 108 cm³/mol. The van der Waals surface area contributed by atoms with Gasteiger partial charge >= 0.3 is 0 Å². The molecule has 0 fully saturated rings. The Morgan fingerprint density at radius 1 is 1.04 bits per heavy atom. The van der Waals surface area contributed by atoms with Crippen LogP contribution in [0.4, 0.5) is 5.69 Å². The summed E-state index contributed by atoms with van der Waals surface area (Å²) in [6.07, 6.45) is 1.03. The van der Waals surface area contributed by atoms with Crippen LogP contribution in [0.5, 0.6) is 17.2 Å². The fourth-order valence-electron chi connectivity index (χ4n) is 3.33. The fourth-order valence-corrected chi connectivity index (χ4v) is 3.33. The third-order valence-corrected chi connectivity index (χ3v) is 4.66. The lowest BCUT2D eigenvalue weighted by Crippen LogP contribution is -2.40. The van der Waals surface area contributed by atoms with Crippen molar-refractivity contribution in [3.8, 4) is 17.2 Å². The van der Waals surface area contributed by atoms with Crippen LogP contribution in [0.1, 0.15) is 18.1 Å². The average molecular weight is 369 g/mol. The van der Waals surface area contributed by atoms with Crippen LogP contribution in [-0.2, 0) is 13.0 Å². The minimum Gasteiger partial charge on any atom is -0.496 e. The van der Waals surface area contributed by atoms with E-state index < -0.39 is 0 Å². The third kappa shape index (κ3) is 3.94. The van der Waals surface area contributed by atoms with Crippen LogP contribution >= 0.6 is 0 Å². The number of hydrogen-bond donors (Lipinski definition) is 1. The Balaban J connectivity index is 1.90. The van der Waals surface area contributed by atoms with Crippen LogP contribution in [0.2, 0.25) is 0 Å². The number of benzene rings is 2. The summed E-state index contributed by atoms with van der Waals surface area (Å²) in [7, 11) is 4.89. The number of para-hydroxylation sites is 1. The van der Waals surface area contributed by atoms with Gasteiger partial charge in [-0.15, -0.1) is 0 Å². The Morgan fingerprint density at radius 2 is 1.74 bits per heavy atom. The first-order valence-electron chi connectivity index (χ1n) is 9.14. The molecule has 0 atom stereocenters. The fraction of sp³-hybridized carbons (Fsp3) is 0.381. The first-order chi connectivity index (χ1) is 13.2. The highest BCUT2D eigenvalue weighted by atomic mass is 16.5. The molecule has 27 heavy (non-hydrogen) atoms. The smallest absolute Gasteiger partial charge is 0.198 e. The van der Waals surface area contributed by atoms with Gasteiger partial charge < -0.3 is 24.4 Å². The van der Waals surface area contributed by atoms with E-state index in [1.54, 1.807) is 21.3 Å². The van der Waals surface area contributed by atoms with Gasteiger partial charge in [0.1, 0.15) is 5.75 Å². The van der Waals surface area contributed by atoms with Crippen LogP contribution < -0.4 is 24.4 Å². The number of nitrogens with one attached hydrogen (secondary N) is 1. The molecule has 0 saturated carbocycles. The quantitative estimate of drug-likeness (QED) is 0.626. The Labute approximate surface area is 160 Å². The highest BCUT2D eigenvalue weighted by molar-refractivity contribution is 5.98. The lowest BCUT2D eigenvalue weighted by Gasteiger charge is -2.22. The highest BCUT2D eigenvalue weighted by Crippen LogP contribution is 2.35. The number of ether oxygens (including phenoxy) is 3. The zero-order chi connectivity index (χ0) is 19.2. The lowest BCUT2D eigenvalue weighted by molar-refractivity contribution is 0.347. The molecule has 6 nitrogen and oxygen atoms in total. The number of methoxy groups -OCH3 is 3. The van der Waals surface area contributed by atoms with Gasteiger partial charge in [-0.25, -0.2) is 4.99 Å². The highest BCUT2D eigenvalue weighted by Gasteiger charge is 2.22. The molecule has 0 bridgehead atoms. The Bertz CT molecular complexity index is 820. The van der Waals surface area contributed by atoms with Gasteiger partial charge in [-0.3, -0.25) is 0 Å². The normalized spacial score (nSPS) is 13.3. The predicted octanol–water partition coefficient (Wildman–Crippen LogP) is 3.24. The Hall–Kier alpha value is -2.89. The number of nitrogens with zero attached hydrogens (tertiary/aromatic N) is 2. The summed E-state index contributed by atoms with van der Waals surface area (Å²) < 4.78 is 16.3. The minimum absolute atomic E-state index is 0.477. The molecule has 0 amide bonds. The molecule has 0 radical (unpaired) electrons. The van der Waals surface area contributed by atoms with Crippen molar-refractivity contribution in [3.05, 3.63) is 47.5 Å². The molecule has 0 saturated heterocycles. The summed E-state index contributed by atoms with van der Waals surface area (Å²) in [4.78, 5) is 7.10.